The molecule has 0 saturated heterocycles. The lowest BCUT2D eigenvalue weighted by molar-refractivity contribution is -0.163. The van der Waals surface area contributed by atoms with E-state index in [1.165, 1.54) is 0 Å². The molecule has 1 aliphatic carbocycles. The van der Waals surface area contributed by atoms with Crippen molar-refractivity contribution in [1.82, 2.24) is 9.97 Å². The predicted octanol–water partition coefficient (Wildman–Crippen LogP) is 7.67. The van der Waals surface area contributed by atoms with Crippen LogP contribution in [-0.4, -0.2) is 34.2 Å². The molecule has 38 heavy (non-hydrogen) atoms. The fraction of sp³-hybridized carbons (Fsp3) is 0.387. The van der Waals surface area contributed by atoms with Crippen molar-refractivity contribution in [1.29, 1.82) is 0 Å². The van der Waals surface area contributed by atoms with E-state index in [2.05, 4.69) is 4.98 Å². The molecule has 0 aliphatic heterocycles. The fourth-order valence-corrected chi connectivity index (χ4v) is 5.37. The summed E-state index contributed by atoms with van der Waals surface area (Å²) >= 11 is 6.21. The van der Waals surface area contributed by atoms with Crippen LogP contribution in [0.15, 0.2) is 65.3 Å². The molecule has 0 N–H and O–H groups in total. The molecule has 7 heteroatoms. The zero-order valence-corrected chi connectivity index (χ0v) is 22.8. The highest BCUT2D eigenvalue weighted by Crippen LogP contribution is 2.42. The van der Waals surface area contributed by atoms with Gasteiger partial charge in [0, 0.05) is 16.1 Å². The minimum absolute atomic E-state index is 0.0186. The second kappa shape index (κ2) is 11.3. The first kappa shape index (κ1) is 26.4. The maximum Gasteiger partial charge on any atom is 0.332 e. The van der Waals surface area contributed by atoms with Gasteiger partial charge in [-0.15, -0.1) is 0 Å². The van der Waals surface area contributed by atoms with E-state index in [0.29, 0.717) is 16.7 Å². The van der Waals surface area contributed by atoms with Crippen molar-refractivity contribution in [3.63, 3.8) is 0 Å². The highest BCUT2D eigenvalue weighted by Gasteiger charge is 2.28. The number of aromatic nitrogens is 2. The molecule has 0 radical (unpaired) electrons. The number of esters is 1. The molecule has 1 saturated carbocycles. The Hall–Kier alpha value is -3.22. The molecule has 0 spiro atoms. The topological polar surface area (TPSA) is 74.5 Å². The number of benzene rings is 2. The van der Waals surface area contributed by atoms with Crippen LogP contribution in [0.3, 0.4) is 0 Å². The van der Waals surface area contributed by atoms with Gasteiger partial charge in [-0.05, 0) is 70.1 Å². The fourth-order valence-electron chi connectivity index (χ4n) is 5.24. The molecule has 2 aromatic carbocycles. The number of carbonyl (C=O) groups is 1. The molecule has 0 amide bonds. The number of nitrogens with zero attached hydrogens (tertiary/aromatic N) is 2. The maximum absolute atomic E-state index is 12.1. The van der Waals surface area contributed by atoms with Gasteiger partial charge in [0.2, 0.25) is 5.71 Å². The molecular formula is C31H33ClN2O4. The predicted molar refractivity (Wildman–Crippen MR) is 149 cm³/mol. The van der Waals surface area contributed by atoms with Crippen LogP contribution in [0.2, 0.25) is 5.02 Å². The van der Waals surface area contributed by atoms with Gasteiger partial charge in [0.15, 0.2) is 0 Å². The summed E-state index contributed by atoms with van der Waals surface area (Å²) < 4.78 is 17.7. The lowest BCUT2D eigenvalue weighted by Crippen LogP contribution is -2.30. The quantitative estimate of drug-likeness (QED) is 0.227. The second-order valence-electron chi connectivity index (χ2n) is 10.9. The molecule has 4 aromatic rings. The number of ether oxygens (including phenoxy) is 2. The third kappa shape index (κ3) is 6.25. The van der Waals surface area contributed by atoms with Crippen molar-refractivity contribution in [3.8, 4) is 22.5 Å². The molecule has 5 rings (SSSR count). The van der Waals surface area contributed by atoms with E-state index < -0.39 is 5.60 Å². The summed E-state index contributed by atoms with van der Waals surface area (Å²) in [5, 5.41) is 1.62. The summed E-state index contributed by atoms with van der Waals surface area (Å²) in [4.78, 5) is 21.4. The summed E-state index contributed by atoms with van der Waals surface area (Å²) in [7, 11) is 0. The number of hydrogen-bond acceptors (Lipinski definition) is 6. The summed E-state index contributed by atoms with van der Waals surface area (Å²) in [5.74, 6) is 0.821. The summed E-state index contributed by atoms with van der Waals surface area (Å²) in [6.07, 6.45) is 6.32. The minimum Gasteiger partial charge on any atom is -0.458 e. The average Bonchev–Trinajstić information content (AvgIpc) is 3.28. The Morgan fingerprint density at radius 2 is 1.79 bits per heavy atom. The minimum atomic E-state index is -0.515. The van der Waals surface area contributed by atoms with Gasteiger partial charge in [-0.25, -0.2) is 14.8 Å². The zero-order valence-electron chi connectivity index (χ0n) is 22.1. The van der Waals surface area contributed by atoms with Gasteiger partial charge < -0.3 is 13.9 Å². The Morgan fingerprint density at radius 3 is 2.53 bits per heavy atom. The van der Waals surface area contributed by atoms with Crippen LogP contribution < -0.4 is 0 Å². The largest absolute Gasteiger partial charge is 0.458 e. The van der Waals surface area contributed by atoms with Gasteiger partial charge in [0.1, 0.15) is 24.3 Å². The van der Waals surface area contributed by atoms with Crippen LogP contribution in [0.5, 0.6) is 0 Å². The van der Waals surface area contributed by atoms with Gasteiger partial charge in [0.25, 0.3) is 0 Å². The van der Waals surface area contributed by atoms with Gasteiger partial charge in [-0.2, -0.15) is 0 Å². The highest BCUT2D eigenvalue weighted by atomic mass is 35.5. The number of halogens is 1. The smallest absolute Gasteiger partial charge is 0.332 e. The molecule has 2 atom stereocenters. The normalized spacial score (nSPS) is 18.0. The summed E-state index contributed by atoms with van der Waals surface area (Å²) in [6.45, 7) is 5.57. The molecule has 0 unspecified atom stereocenters. The first-order valence-corrected chi connectivity index (χ1v) is 13.6. The van der Waals surface area contributed by atoms with Crippen molar-refractivity contribution in [2.24, 2.45) is 5.92 Å². The molecule has 6 nitrogen and oxygen atoms in total. The van der Waals surface area contributed by atoms with Crippen LogP contribution >= 0.6 is 11.6 Å². The summed E-state index contributed by atoms with van der Waals surface area (Å²) in [5.41, 5.74) is 3.99. The van der Waals surface area contributed by atoms with E-state index in [1.807, 2.05) is 75.4 Å². The SMILES string of the molecule is CC(C)(C)OC(=O)CO[C@@H]1CCC[C@H](Cc2ncnc3oc(-c4ccccc4)c(-c4ccc(Cl)cc4)c23)C1. The van der Waals surface area contributed by atoms with Crippen molar-refractivity contribution in [3.05, 3.63) is 71.6 Å². The molecular weight excluding hydrogens is 500 g/mol. The Balaban J connectivity index is 1.42. The third-order valence-corrected chi connectivity index (χ3v) is 7.06. The first-order chi connectivity index (χ1) is 18.3. The van der Waals surface area contributed by atoms with Gasteiger partial charge in [0.05, 0.1) is 17.2 Å². The standard InChI is InChI=1S/C31H33ClN2O4/c1-31(2,3)38-26(35)18-36-24-11-7-8-20(16-24)17-25-28-27(21-12-14-23(32)15-13-21)29(22-9-5-4-6-10-22)37-30(28)34-19-33-25/h4-6,9-10,12-15,19-20,24H,7-8,11,16-18H2,1-3H3/t20-,24+/m0/s1. The number of furan rings is 1. The van der Waals surface area contributed by atoms with E-state index in [9.17, 15) is 4.79 Å². The third-order valence-electron chi connectivity index (χ3n) is 6.81. The average molecular weight is 533 g/mol. The molecule has 2 aromatic heterocycles. The van der Waals surface area contributed by atoms with Gasteiger partial charge >= 0.3 is 5.97 Å². The monoisotopic (exact) mass is 532 g/mol. The molecule has 1 fully saturated rings. The van der Waals surface area contributed by atoms with Gasteiger partial charge in [-0.1, -0.05) is 60.5 Å². The highest BCUT2D eigenvalue weighted by molar-refractivity contribution is 6.30. The number of carbonyl (C=O) groups excluding carboxylic acids is 1. The maximum atomic E-state index is 12.1. The van der Waals surface area contributed by atoms with E-state index in [0.717, 1.165) is 65.6 Å². The van der Waals surface area contributed by atoms with E-state index in [4.69, 9.17) is 30.5 Å². The van der Waals surface area contributed by atoms with Crippen LogP contribution in [0.4, 0.5) is 0 Å². The Bertz CT molecular complexity index is 1390. The Labute approximate surface area is 228 Å². The van der Waals surface area contributed by atoms with Crippen LogP contribution in [0, 0.1) is 5.92 Å². The summed E-state index contributed by atoms with van der Waals surface area (Å²) in [6, 6.07) is 17.9. The van der Waals surface area contributed by atoms with Crippen LogP contribution in [0.1, 0.15) is 52.1 Å². The van der Waals surface area contributed by atoms with Crippen LogP contribution in [-0.2, 0) is 20.7 Å². The van der Waals surface area contributed by atoms with Crippen molar-refractivity contribution < 1.29 is 18.7 Å². The van der Waals surface area contributed by atoms with Crippen molar-refractivity contribution >= 4 is 28.7 Å². The lowest BCUT2D eigenvalue weighted by Gasteiger charge is -2.29. The molecule has 198 valence electrons. The Morgan fingerprint density at radius 1 is 1.03 bits per heavy atom. The van der Waals surface area contributed by atoms with Crippen LogP contribution in [0.25, 0.3) is 33.6 Å². The van der Waals surface area contributed by atoms with E-state index in [1.54, 1.807) is 6.33 Å². The van der Waals surface area contributed by atoms with Crippen molar-refractivity contribution in [2.45, 2.75) is 64.6 Å². The first-order valence-electron chi connectivity index (χ1n) is 13.2. The molecule has 1 aliphatic rings. The van der Waals surface area contributed by atoms with E-state index >= 15 is 0 Å². The van der Waals surface area contributed by atoms with Gasteiger partial charge in [-0.3, -0.25) is 0 Å². The Kier molecular flexibility index (Phi) is 7.82. The molecule has 2 heterocycles. The van der Waals surface area contributed by atoms with Crippen molar-refractivity contribution in [2.75, 3.05) is 6.61 Å². The number of hydrogen-bond donors (Lipinski definition) is 0. The number of rotatable bonds is 7. The van der Waals surface area contributed by atoms with E-state index in [-0.39, 0.29) is 18.7 Å². The lowest BCUT2D eigenvalue weighted by atomic mass is 9.83. The number of fused-ring (bicyclic) bond motifs is 1. The molecule has 0 bridgehead atoms. The second-order valence-corrected chi connectivity index (χ2v) is 11.4. The zero-order chi connectivity index (χ0) is 26.7.